The van der Waals surface area contributed by atoms with Crippen LogP contribution in [0.3, 0.4) is 0 Å². The van der Waals surface area contributed by atoms with Gasteiger partial charge in [0.05, 0.1) is 11.2 Å². The number of carbonyl (C=O) groups is 1. The molecule has 1 heterocycles. The number of nitrogens with one attached hydrogen (secondary N) is 1. The second kappa shape index (κ2) is 7.66. The van der Waals surface area contributed by atoms with Gasteiger partial charge in [-0.25, -0.2) is 5.43 Å². The number of carbonyl (C=O) groups excluding carboxylic acids is 1. The van der Waals surface area contributed by atoms with E-state index in [1.807, 2.05) is 32.9 Å². The summed E-state index contributed by atoms with van der Waals surface area (Å²) in [5, 5.41) is 4.37. The third-order valence-electron chi connectivity index (χ3n) is 4.11. The summed E-state index contributed by atoms with van der Waals surface area (Å²) < 4.78 is 16.2. The quantitative estimate of drug-likeness (QED) is 0.642. The molecule has 6 nitrogen and oxygen atoms in total. The topological polar surface area (TPSA) is 69.2 Å². The fourth-order valence-corrected chi connectivity index (χ4v) is 2.73. The van der Waals surface area contributed by atoms with Crippen LogP contribution in [0.4, 0.5) is 0 Å². The van der Waals surface area contributed by atoms with Gasteiger partial charge in [0.1, 0.15) is 5.75 Å². The first-order valence-corrected chi connectivity index (χ1v) is 8.44. The molecule has 1 aliphatic rings. The Morgan fingerprint density at radius 3 is 2.69 bits per heavy atom. The van der Waals surface area contributed by atoms with Crippen LogP contribution in [0.25, 0.3) is 0 Å². The maximum absolute atomic E-state index is 12.0. The van der Waals surface area contributed by atoms with Crippen LogP contribution in [0.5, 0.6) is 17.2 Å². The zero-order valence-corrected chi connectivity index (χ0v) is 15.5. The van der Waals surface area contributed by atoms with Crippen LogP contribution >= 0.6 is 11.6 Å². The van der Waals surface area contributed by atoms with Crippen molar-refractivity contribution in [3.05, 3.63) is 51.5 Å². The summed E-state index contributed by atoms with van der Waals surface area (Å²) >= 11 is 6.15. The van der Waals surface area contributed by atoms with Gasteiger partial charge in [0, 0.05) is 11.6 Å². The van der Waals surface area contributed by atoms with E-state index in [1.165, 1.54) is 6.21 Å². The van der Waals surface area contributed by atoms with Crippen molar-refractivity contribution in [3.8, 4) is 17.2 Å². The van der Waals surface area contributed by atoms with Crippen LogP contribution in [0.15, 0.2) is 29.4 Å². The molecule has 0 atom stereocenters. The standard InChI is InChI=1S/C19H19ClN2O4/c1-11-4-5-12(2)19(13(11)3)24-9-18(23)22-21-8-14-6-16-17(7-15(14)20)26-10-25-16/h4-8H,9-10H2,1-3H3,(H,22,23). The highest BCUT2D eigenvalue weighted by Gasteiger charge is 2.15. The van der Waals surface area contributed by atoms with Crippen LogP contribution in [0, 0.1) is 20.8 Å². The summed E-state index contributed by atoms with van der Waals surface area (Å²) in [4.78, 5) is 12.0. The van der Waals surface area contributed by atoms with Crippen molar-refractivity contribution in [2.24, 2.45) is 5.10 Å². The van der Waals surface area contributed by atoms with E-state index >= 15 is 0 Å². The van der Waals surface area contributed by atoms with Gasteiger partial charge in [-0.3, -0.25) is 4.79 Å². The highest BCUT2D eigenvalue weighted by Crippen LogP contribution is 2.36. The van der Waals surface area contributed by atoms with E-state index in [1.54, 1.807) is 12.1 Å². The first-order chi connectivity index (χ1) is 12.5. The summed E-state index contributed by atoms with van der Waals surface area (Å²) in [6.07, 6.45) is 1.45. The van der Waals surface area contributed by atoms with Crippen molar-refractivity contribution in [3.63, 3.8) is 0 Å². The lowest BCUT2D eigenvalue weighted by molar-refractivity contribution is -0.123. The summed E-state index contributed by atoms with van der Waals surface area (Å²) in [5.41, 5.74) is 6.16. The zero-order valence-electron chi connectivity index (χ0n) is 14.8. The lowest BCUT2D eigenvalue weighted by atomic mass is 10.1. The molecule has 0 unspecified atom stereocenters. The van der Waals surface area contributed by atoms with Crippen molar-refractivity contribution in [2.75, 3.05) is 13.4 Å². The molecule has 1 amide bonds. The van der Waals surface area contributed by atoms with Gasteiger partial charge in [-0.2, -0.15) is 5.10 Å². The van der Waals surface area contributed by atoms with Gasteiger partial charge in [0.2, 0.25) is 6.79 Å². The normalized spacial score (nSPS) is 12.5. The average molecular weight is 375 g/mol. The molecule has 7 heteroatoms. The Hall–Kier alpha value is -2.73. The maximum Gasteiger partial charge on any atom is 0.277 e. The van der Waals surface area contributed by atoms with Crippen LogP contribution < -0.4 is 19.6 Å². The predicted octanol–water partition coefficient (Wildman–Crippen LogP) is 3.52. The molecule has 136 valence electrons. The third kappa shape index (κ3) is 3.91. The lowest BCUT2D eigenvalue weighted by Gasteiger charge is -2.13. The number of fused-ring (bicyclic) bond motifs is 1. The number of rotatable bonds is 5. The SMILES string of the molecule is Cc1ccc(C)c(OCC(=O)NN=Cc2cc3c(cc2Cl)OCO3)c1C. The van der Waals surface area contributed by atoms with Crippen LogP contribution in [0.2, 0.25) is 5.02 Å². The molecular formula is C19H19ClN2O4. The van der Waals surface area contributed by atoms with Gasteiger partial charge in [-0.1, -0.05) is 23.7 Å². The molecule has 2 aromatic carbocycles. The summed E-state index contributed by atoms with van der Waals surface area (Å²) in [7, 11) is 0. The number of aryl methyl sites for hydroxylation is 2. The van der Waals surface area contributed by atoms with Crippen LogP contribution in [0.1, 0.15) is 22.3 Å². The van der Waals surface area contributed by atoms with Crippen molar-refractivity contribution in [2.45, 2.75) is 20.8 Å². The van der Waals surface area contributed by atoms with Gasteiger partial charge in [0.25, 0.3) is 5.91 Å². The number of hydrazone groups is 1. The second-order valence-electron chi connectivity index (χ2n) is 5.96. The summed E-state index contributed by atoms with van der Waals surface area (Å²) in [5.74, 6) is 1.55. The first-order valence-electron chi connectivity index (χ1n) is 8.06. The van der Waals surface area contributed by atoms with Crippen LogP contribution in [-0.4, -0.2) is 25.5 Å². The second-order valence-corrected chi connectivity index (χ2v) is 6.37. The molecule has 0 aliphatic carbocycles. The summed E-state index contributed by atoms with van der Waals surface area (Å²) in [6.45, 7) is 5.95. The molecule has 0 radical (unpaired) electrons. The highest BCUT2D eigenvalue weighted by molar-refractivity contribution is 6.33. The first kappa shape index (κ1) is 18.1. The van der Waals surface area contributed by atoms with E-state index in [0.717, 1.165) is 22.4 Å². The van der Waals surface area contributed by atoms with E-state index in [-0.39, 0.29) is 19.3 Å². The number of hydrogen-bond donors (Lipinski definition) is 1. The van der Waals surface area contributed by atoms with E-state index in [2.05, 4.69) is 10.5 Å². The smallest absolute Gasteiger partial charge is 0.277 e. The van der Waals surface area contributed by atoms with Crippen LogP contribution in [-0.2, 0) is 4.79 Å². The Morgan fingerprint density at radius 1 is 1.23 bits per heavy atom. The van der Waals surface area contributed by atoms with E-state index in [0.29, 0.717) is 22.1 Å². The van der Waals surface area contributed by atoms with Gasteiger partial charge < -0.3 is 14.2 Å². The largest absolute Gasteiger partial charge is 0.483 e. The monoisotopic (exact) mass is 374 g/mol. The molecule has 0 aromatic heterocycles. The molecule has 0 fully saturated rings. The molecule has 0 bridgehead atoms. The number of benzene rings is 2. The van der Waals surface area contributed by atoms with E-state index < -0.39 is 0 Å². The fourth-order valence-electron chi connectivity index (χ4n) is 2.52. The molecule has 3 rings (SSSR count). The molecule has 0 spiro atoms. The molecule has 0 saturated heterocycles. The average Bonchev–Trinajstić information content (AvgIpc) is 3.05. The maximum atomic E-state index is 12.0. The van der Waals surface area contributed by atoms with Gasteiger partial charge in [-0.15, -0.1) is 0 Å². The number of ether oxygens (including phenoxy) is 3. The van der Waals surface area contributed by atoms with Gasteiger partial charge in [-0.05, 0) is 43.5 Å². The number of nitrogens with zero attached hydrogens (tertiary/aromatic N) is 1. The lowest BCUT2D eigenvalue weighted by Crippen LogP contribution is -2.25. The minimum Gasteiger partial charge on any atom is -0.483 e. The molecule has 26 heavy (non-hydrogen) atoms. The third-order valence-corrected chi connectivity index (χ3v) is 4.43. The van der Waals surface area contributed by atoms with E-state index in [9.17, 15) is 4.79 Å². The van der Waals surface area contributed by atoms with E-state index in [4.69, 9.17) is 25.8 Å². The molecular weight excluding hydrogens is 356 g/mol. The predicted molar refractivity (Wildman–Crippen MR) is 99.5 cm³/mol. The van der Waals surface area contributed by atoms with Crippen molar-refractivity contribution in [1.29, 1.82) is 0 Å². The Kier molecular flexibility index (Phi) is 5.32. The van der Waals surface area contributed by atoms with Crippen molar-refractivity contribution < 1.29 is 19.0 Å². The number of amides is 1. The van der Waals surface area contributed by atoms with Gasteiger partial charge in [0.15, 0.2) is 18.1 Å². The van der Waals surface area contributed by atoms with Gasteiger partial charge >= 0.3 is 0 Å². The molecule has 2 aromatic rings. The fraction of sp³-hybridized carbons (Fsp3) is 0.263. The molecule has 1 N–H and O–H groups in total. The van der Waals surface area contributed by atoms with Crippen molar-refractivity contribution >= 4 is 23.7 Å². The number of halogens is 1. The number of hydrogen-bond acceptors (Lipinski definition) is 5. The minimum atomic E-state index is -0.363. The Labute approximate surface area is 156 Å². The molecule has 0 saturated carbocycles. The summed E-state index contributed by atoms with van der Waals surface area (Å²) in [6, 6.07) is 7.35. The van der Waals surface area contributed by atoms with Crippen molar-refractivity contribution in [1.82, 2.24) is 5.43 Å². The Balaban J connectivity index is 1.58. The zero-order chi connectivity index (χ0) is 18.7. The highest BCUT2D eigenvalue weighted by atomic mass is 35.5. The Bertz CT molecular complexity index is 880. The Morgan fingerprint density at radius 2 is 1.92 bits per heavy atom. The molecule has 1 aliphatic heterocycles. The minimum absolute atomic E-state index is 0.128.